The van der Waals surface area contributed by atoms with Crippen LogP contribution in [0.15, 0.2) is 60.7 Å². The van der Waals surface area contributed by atoms with E-state index < -0.39 is 65.4 Å². The molecule has 47 heavy (non-hydrogen) atoms. The highest BCUT2D eigenvalue weighted by Crippen LogP contribution is 2.15. The fraction of sp³-hybridized carbons (Fsp3) is 0.312. The first-order chi connectivity index (χ1) is 22.3. The Morgan fingerprint density at radius 2 is 1.43 bits per heavy atom. The van der Waals surface area contributed by atoms with Crippen LogP contribution in [-0.2, 0) is 35.3 Å². The number of nitrogens with one attached hydrogen (secondary N) is 4. The van der Waals surface area contributed by atoms with E-state index in [1.807, 2.05) is 0 Å². The number of carbonyl (C=O) groups is 8. The molecule has 6 N–H and O–H groups in total. The van der Waals surface area contributed by atoms with Crippen molar-refractivity contribution in [2.24, 2.45) is 11.7 Å². The second kappa shape index (κ2) is 16.5. The van der Waals surface area contributed by atoms with Crippen molar-refractivity contribution in [3.05, 3.63) is 77.4 Å². The maximum atomic E-state index is 13.4. The van der Waals surface area contributed by atoms with Crippen LogP contribution in [-0.4, -0.2) is 71.0 Å². The maximum Gasteiger partial charge on any atom is 0.312 e. The molecule has 2 aromatic carbocycles. The molecule has 248 valence electrons. The highest BCUT2D eigenvalue weighted by molar-refractivity contribution is 6.25. The van der Waals surface area contributed by atoms with Crippen molar-refractivity contribution in [2.75, 3.05) is 11.9 Å². The summed E-state index contributed by atoms with van der Waals surface area (Å²) in [6.07, 6.45) is 2.38. The number of primary amides is 1. The second-order valence-corrected chi connectivity index (χ2v) is 10.9. The number of amides is 8. The van der Waals surface area contributed by atoms with E-state index >= 15 is 0 Å². The molecule has 1 heterocycles. The van der Waals surface area contributed by atoms with Gasteiger partial charge in [0.25, 0.3) is 23.6 Å². The van der Waals surface area contributed by atoms with Gasteiger partial charge in [-0.25, -0.2) is 9.69 Å². The summed E-state index contributed by atoms with van der Waals surface area (Å²) in [6.45, 7) is 4.92. The van der Waals surface area contributed by atoms with E-state index in [1.165, 1.54) is 31.2 Å². The summed E-state index contributed by atoms with van der Waals surface area (Å²) in [4.78, 5) is 98.6. The number of hydrogen-bond acceptors (Lipinski definition) is 9. The van der Waals surface area contributed by atoms with Crippen LogP contribution in [0.25, 0.3) is 0 Å². The minimum absolute atomic E-state index is 0.00353. The quantitative estimate of drug-likeness (QED) is 0.112. The van der Waals surface area contributed by atoms with E-state index in [0.717, 1.165) is 12.2 Å². The molecule has 0 saturated carbocycles. The van der Waals surface area contributed by atoms with Crippen LogP contribution < -0.4 is 27.0 Å². The number of benzene rings is 2. The second-order valence-electron chi connectivity index (χ2n) is 10.9. The fourth-order valence-electron chi connectivity index (χ4n) is 4.40. The van der Waals surface area contributed by atoms with Crippen LogP contribution in [0.2, 0.25) is 0 Å². The SMILES string of the molecule is CC(=O)OCc1ccc(NC(=O)[C@H](CCCNC(N)=O)NC(=O)[C@@H](NC(=O)c2ccc(C(=O)N3C(=O)C=CC3=O)cc2)C(C)C)cc1. The Morgan fingerprint density at radius 1 is 0.830 bits per heavy atom. The number of anilines is 1. The zero-order chi connectivity index (χ0) is 34.7. The van der Waals surface area contributed by atoms with Crippen molar-refractivity contribution in [2.45, 2.75) is 52.3 Å². The first kappa shape index (κ1) is 35.6. The van der Waals surface area contributed by atoms with Crippen LogP contribution in [0.4, 0.5) is 10.5 Å². The van der Waals surface area contributed by atoms with E-state index in [9.17, 15) is 38.4 Å². The molecule has 2 atom stereocenters. The normalized spacial score (nSPS) is 13.5. The van der Waals surface area contributed by atoms with Gasteiger partial charge in [-0.3, -0.25) is 33.6 Å². The third-order valence-electron chi connectivity index (χ3n) is 6.91. The van der Waals surface area contributed by atoms with Gasteiger partial charge in [-0.05, 0) is 60.7 Å². The molecule has 15 nitrogen and oxygen atoms in total. The maximum absolute atomic E-state index is 13.4. The molecule has 0 saturated heterocycles. The number of hydrogen-bond donors (Lipinski definition) is 5. The molecule has 0 fully saturated rings. The fourth-order valence-corrected chi connectivity index (χ4v) is 4.40. The summed E-state index contributed by atoms with van der Waals surface area (Å²) in [6, 6.07) is 8.87. The number of urea groups is 1. The zero-order valence-corrected chi connectivity index (χ0v) is 26.0. The summed E-state index contributed by atoms with van der Waals surface area (Å²) < 4.78 is 4.96. The Morgan fingerprint density at radius 3 is 1.98 bits per heavy atom. The lowest BCUT2D eigenvalue weighted by atomic mass is 10.0. The first-order valence-electron chi connectivity index (χ1n) is 14.6. The van der Waals surface area contributed by atoms with Crippen LogP contribution in [0, 0.1) is 5.92 Å². The Bertz CT molecular complexity index is 1550. The lowest BCUT2D eigenvalue weighted by molar-refractivity contribution is -0.142. The number of esters is 1. The van der Waals surface area contributed by atoms with Crippen molar-refractivity contribution in [1.82, 2.24) is 20.9 Å². The third kappa shape index (κ3) is 10.3. The largest absolute Gasteiger partial charge is 0.461 e. The smallest absolute Gasteiger partial charge is 0.312 e. The predicted octanol–water partition coefficient (Wildman–Crippen LogP) is 1.14. The molecule has 0 unspecified atom stereocenters. The topological polar surface area (TPSA) is 223 Å². The van der Waals surface area contributed by atoms with E-state index in [0.29, 0.717) is 16.2 Å². The van der Waals surface area contributed by atoms with Crippen molar-refractivity contribution >= 4 is 53.1 Å². The van der Waals surface area contributed by atoms with E-state index in [2.05, 4.69) is 21.3 Å². The number of carbonyl (C=O) groups excluding carboxylic acids is 8. The molecular formula is C32H36N6O9. The summed E-state index contributed by atoms with van der Waals surface area (Å²) in [5, 5.41) is 10.5. The van der Waals surface area contributed by atoms with Crippen molar-refractivity contribution in [3.8, 4) is 0 Å². The summed E-state index contributed by atoms with van der Waals surface area (Å²) in [5.41, 5.74) is 6.34. The highest BCUT2D eigenvalue weighted by atomic mass is 16.5. The Kier molecular flexibility index (Phi) is 12.5. The number of ether oxygens (including phenoxy) is 1. The van der Waals surface area contributed by atoms with Gasteiger partial charge in [-0.1, -0.05) is 26.0 Å². The molecule has 0 aliphatic carbocycles. The summed E-state index contributed by atoms with van der Waals surface area (Å²) >= 11 is 0. The number of rotatable bonds is 14. The summed E-state index contributed by atoms with van der Waals surface area (Å²) in [7, 11) is 0. The monoisotopic (exact) mass is 648 g/mol. The Labute approximate surface area is 270 Å². The lowest BCUT2D eigenvalue weighted by Gasteiger charge is -2.25. The molecule has 0 spiro atoms. The van der Waals surface area contributed by atoms with Crippen molar-refractivity contribution in [1.29, 1.82) is 0 Å². The molecule has 0 bridgehead atoms. The van der Waals surface area contributed by atoms with Crippen LogP contribution >= 0.6 is 0 Å². The van der Waals surface area contributed by atoms with Gasteiger partial charge in [0, 0.05) is 42.4 Å². The van der Waals surface area contributed by atoms with Gasteiger partial charge >= 0.3 is 12.0 Å². The van der Waals surface area contributed by atoms with Gasteiger partial charge in [0.2, 0.25) is 11.8 Å². The molecule has 15 heteroatoms. The average Bonchev–Trinajstić information content (AvgIpc) is 3.37. The number of nitrogens with two attached hydrogens (primary N) is 1. The Hall–Kier alpha value is -5.86. The van der Waals surface area contributed by atoms with Crippen LogP contribution in [0.3, 0.4) is 0 Å². The molecule has 0 aromatic heterocycles. The van der Waals surface area contributed by atoms with Crippen molar-refractivity contribution in [3.63, 3.8) is 0 Å². The zero-order valence-electron chi connectivity index (χ0n) is 26.0. The molecule has 3 rings (SSSR count). The number of nitrogens with zero attached hydrogens (tertiary/aromatic N) is 1. The van der Waals surface area contributed by atoms with E-state index in [4.69, 9.17) is 10.5 Å². The van der Waals surface area contributed by atoms with Gasteiger partial charge in [0.1, 0.15) is 18.7 Å². The molecule has 0 radical (unpaired) electrons. The molecule has 8 amide bonds. The average molecular weight is 649 g/mol. The van der Waals surface area contributed by atoms with Gasteiger partial charge in [0.15, 0.2) is 0 Å². The molecular weight excluding hydrogens is 612 g/mol. The molecule has 1 aliphatic rings. The lowest BCUT2D eigenvalue weighted by Crippen LogP contribution is -2.54. The third-order valence-corrected chi connectivity index (χ3v) is 6.91. The highest BCUT2D eigenvalue weighted by Gasteiger charge is 2.32. The molecule has 1 aliphatic heterocycles. The predicted molar refractivity (Wildman–Crippen MR) is 167 cm³/mol. The number of imide groups is 3. The first-order valence-corrected chi connectivity index (χ1v) is 14.6. The van der Waals surface area contributed by atoms with E-state index in [1.54, 1.807) is 38.1 Å². The van der Waals surface area contributed by atoms with Gasteiger partial charge in [-0.15, -0.1) is 0 Å². The van der Waals surface area contributed by atoms with Crippen LogP contribution in [0.1, 0.15) is 59.9 Å². The van der Waals surface area contributed by atoms with Gasteiger partial charge in [0.05, 0.1) is 0 Å². The van der Waals surface area contributed by atoms with Crippen LogP contribution in [0.5, 0.6) is 0 Å². The minimum Gasteiger partial charge on any atom is -0.461 e. The summed E-state index contributed by atoms with van der Waals surface area (Å²) in [5.74, 6) is -5.05. The minimum atomic E-state index is -1.07. The Balaban J connectivity index is 1.68. The van der Waals surface area contributed by atoms with Gasteiger partial charge in [-0.2, -0.15) is 0 Å². The van der Waals surface area contributed by atoms with Crippen molar-refractivity contribution < 1.29 is 43.1 Å². The molecule has 2 aromatic rings. The van der Waals surface area contributed by atoms with Gasteiger partial charge < -0.3 is 31.7 Å². The standard InChI is InChI=1S/C32H36N6O9/c1-18(2)27(37-28(42)21-8-10-22(11-9-21)31(45)38-25(40)14-15-26(38)41)30(44)36-24(5-4-16-34-32(33)46)29(43)35-23-12-6-20(7-13-23)17-47-19(3)39/h6-15,18,24,27H,4-5,16-17H2,1-3H3,(H,35,43)(H,36,44)(H,37,42)(H3,33,34,46)/t24-,27-/m0/s1. The van der Waals surface area contributed by atoms with E-state index in [-0.39, 0.29) is 37.1 Å².